The van der Waals surface area contributed by atoms with Gasteiger partial charge in [-0.3, -0.25) is 4.79 Å². The van der Waals surface area contributed by atoms with Crippen LogP contribution in [0.4, 0.5) is 11.5 Å². The van der Waals surface area contributed by atoms with Crippen LogP contribution in [0.15, 0.2) is 28.9 Å². The van der Waals surface area contributed by atoms with E-state index in [9.17, 15) is 4.79 Å². The van der Waals surface area contributed by atoms with E-state index in [2.05, 4.69) is 20.3 Å². The number of amides is 1. The third-order valence-electron chi connectivity index (χ3n) is 2.08. The topological polar surface area (TPSA) is 103 Å². The number of nitrogens with one attached hydrogen (secondary N) is 1. The standard InChI is InChI=1S/C10H10N4O3/c1-16-7-4-2-6(3-5-7)12-10(15)8-9(11)14-17-13-8/h2-5H,1H3,(H2,11,14)(H,12,15). The summed E-state index contributed by atoms with van der Waals surface area (Å²) in [6, 6.07) is 6.83. The molecule has 0 unspecified atom stereocenters. The van der Waals surface area contributed by atoms with Crippen LogP contribution in [0.25, 0.3) is 0 Å². The SMILES string of the molecule is COc1ccc(NC(=O)c2nonc2N)cc1. The number of hydrogen-bond donors (Lipinski definition) is 2. The molecule has 0 radical (unpaired) electrons. The Balaban J connectivity index is 2.10. The maximum Gasteiger partial charge on any atom is 0.281 e. The number of nitrogen functional groups attached to an aromatic ring is 1. The molecule has 1 heterocycles. The van der Waals surface area contributed by atoms with Crippen LogP contribution in [-0.2, 0) is 0 Å². The zero-order valence-corrected chi connectivity index (χ0v) is 9.01. The van der Waals surface area contributed by atoms with Crippen molar-refractivity contribution in [3.63, 3.8) is 0 Å². The molecule has 0 saturated carbocycles. The first-order valence-electron chi connectivity index (χ1n) is 4.74. The zero-order chi connectivity index (χ0) is 12.3. The molecule has 2 rings (SSSR count). The number of anilines is 2. The lowest BCUT2D eigenvalue weighted by atomic mass is 10.3. The summed E-state index contributed by atoms with van der Waals surface area (Å²) in [5, 5.41) is 9.31. The molecule has 0 aliphatic carbocycles. The number of methoxy groups -OCH3 is 1. The molecule has 2 aromatic rings. The zero-order valence-electron chi connectivity index (χ0n) is 9.01. The van der Waals surface area contributed by atoms with Crippen LogP contribution in [0.5, 0.6) is 5.75 Å². The maximum absolute atomic E-state index is 11.7. The highest BCUT2D eigenvalue weighted by Crippen LogP contribution is 2.16. The van der Waals surface area contributed by atoms with Crippen molar-refractivity contribution in [1.82, 2.24) is 10.3 Å². The van der Waals surface area contributed by atoms with Crippen molar-refractivity contribution in [3.05, 3.63) is 30.0 Å². The molecule has 1 amide bonds. The molecule has 7 nitrogen and oxygen atoms in total. The Morgan fingerprint density at radius 2 is 2.06 bits per heavy atom. The van der Waals surface area contributed by atoms with Crippen molar-refractivity contribution >= 4 is 17.4 Å². The van der Waals surface area contributed by atoms with Gasteiger partial charge in [-0.2, -0.15) is 0 Å². The van der Waals surface area contributed by atoms with Crippen molar-refractivity contribution in [2.45, 2.75) is 0 Å². The van der Waals surface area contributed by atoms with Crippen molar-refractivity contribution in [3.8, 4) is 5.75 Å². The largest absolute Gasteiger partial charge is 0.497 e. The first kappa shape index (κ1) is 10.9. The number of aromatic nitrogens is 2. The fourth-order valence-electron chi connectivity index (χ4n) is 1.22. The molecule has 7 heteroatoms. The van der Waals surface area contributed by atoms with Gasteiger partial charge < -0.3 is 15.8 Å². The second-order valence-electron chi connectivity index (χ2n) is 3.18. The molecule has 1 aromatic heterocycles. The number of benzene rings is 1. The van der Waals surface area contributed by atoms with Crippen LogP contribution >= 0.6 is 0 Å². The van der Waals surface area contributed by atoms with E-state index >= 15 is 0 Å². The van der Waals surface area contributed by atoms with Gasteiger partial charge in [0.2, 0.25) is 11.5 Å². The van der Waals surface area contributed by atoms with Gasteiger partial charge in [-0.15, -0.1) is 0 Å². The van der Waals surface area contributed by atoms with Gasteiger partial charge in [-0.05, 0) is 34.6 Å². The quantitative estimate of drug-likeness (QED) is 0.818. The molecule has 1 aromatic carbocycles. The number of rotatable bonds is 3. The summed E-state index contributed by atoms with van der Waals surface area (Å²) in [7, 11) is 1.56. The van der Waals surface area contributed by atoms with Crippen LogP contribution in [0.3, 0.4) is 0 Å². The molecule has 0 fully saturated rings. The van der Waals surface area contributed by atoms with Crippen molar-refractivity contribution in [1.29, 1.82) is 0 Å². The summed E-state index contributed by atoms with van der Waals surface area (Å²) in [6.07, 6.45) is 0. The lowest BCUT2D eigenvalue weighted by molar-refractivity contribution is 0.101. The van der Waals surface area contributed by atoms with Crippen LogP contribution in [-0.4, -0.2) is 23.3 Å². The Morgan fingerprint density at radius 3 is 2.59 bits per heavy atom. The van der Waals surface area contributed by atoms with Crippen molar-refractivity contribution in [2.24, 2.45) is 0 Å². The number of hydrogen-bond acceptors (Lipinski definition) is 6. The summed E-state index contributed by atoms with van der Waals surface area (Å²) >= 11 is 0. The molecule has 0 aliphatic rings. The van der Waals surface area contributed by atoms with E-state index in [-0.39, 0.29) is 11.5 Å². The second kappa shape index (κ2) is 4.52. The highest BCUT2D eigenvalue weighted by atomic mass is 16.6. The van der Waals surface area contributed by atoms with Gasteiger partial charge in [-0.25, -0.2) is 4.63 Å². The van der Waals surface area contributed by atoms with Crippen LogP contribution in [0, 0.1) is 0 Å². The number of nitrogens with two attached hydrogens (primary N) is 1. The van der Waals surface area contributed by atoms with Crippen molar-refractivity contribution in [2.75, 3.05) is 18.2 Å². The Morgan fingerprint density at radius 1 is 1.35 bits per heavy atom. The van der Waals surface area contributed by atoms with Crippen LogP contribution in [0.2, 0.25) is 0 Å². The molecule has 0 atom stereocenters. The Hall–Kier alpha value is -2.57. The molecule has 0 aliphatic heterocycles. The van der Waals surface area contributed by atoms with Crippen LogP contribution < -0.4 is 15.8 Å². The smallest absolute Gasteiger partial charge is 0.281 e. The van der Waals surface area contributed by atoms with Gasteiger partial charge in [0.25, 0.3) is 5.91 Å². The highest BCUT2D eigenvalue weighted by molar-refractivity contribution is 6.05. The summed E-state index contributed by atoms with van der Waals surface area (Å²) in [6.45, 7) is 0. The van der Waals surface area contributed by atoms with E-state index in [0.29, 0.717) is 11.4 Å². The molecule has 0 saturated heterocycles. The minimum Gasteiger partial charge on any atom is -0.497 e. The fraction of sp³-hybridized carbons (Fsp3) is 0.100. The maximum atomic E-state index is 11.7. The van der Waals surface area contributed by atoms with E-state index in [1.807, 2.05) is 0 Å². The van der Waals surface area contributed by atoms with Gasteiger partial charge in [0.15, 0.2) is 0 Å². The molecule has 17 heavy (non-hydrogen) atoms. The predicted octanol–water partition coefficient (Wildman–Crippen LogP) is 0.913. The Kier molecular flexibility index (Phi) is 2.91. The predicted molar refractivity (Wildman–Crippen MR) is 59.7 cm³/mol. The van der Waals surface area contributed by atoms with Gasteiger partial charge in [0, 0.05) is 5.69 Å². The van der Waals surface area contributed by atoms with E-state index in [0.717, 1.165) is 0 Å². The average Bonchev–Trinajstić information content (AvgIpc) is 2.76. The van der Waals surface area contributed by atoms with E-state index in [1.165, 1.54) is 0 Å². The minimum atomic E-state index is -0.478. The summed E-state index contributed by atoms with van der Waals surface area (Å²) in [5.74, 6) is 0.176. The number of nitrogens with zero attached hydrogens (tertiary/aromatic N) is 2. The molecule has 0 bridgehead atoms. The summed E-state index contributed by atoms with van der Waals surface area (Å²) in [4.78, 5) is 11.7. The lowest BCUT2D eigenvalue weighted by Gasteiger charge is -2.04. The third kappa shape index (κ3) is 2.33. The van der Waals surface area contributed by atoms with Gasteiger partial charge >= 0.3 is 0 Å². The molecule has 88 valence electrons. The van der Waals surface area contributed by atoms with E-state index in [4.69, 9.17) is 10.5 Å². The lowest BCUT2D eigenvalue weighted by Crippen LogP contribution is -2.14. The minimum absolute atomic E-state index is 0.0409. The number of carbonyl (C=O) groups is 1. The monoisotopic (exact) mass is 234 g/mol. The fourth-order valence-corrected chi connectivity index (χ4v) is 1.22. The van der Waals surface area contributed by atoms with Crippen molar-refractivity contribution < 1.29 is 14.2 Å². The van der Waals surface area contributed by atoms with Gasteiger partial charge in [-0.1, -0.05) is 0 Å². The Labute approximate surface area is 96.5 Å². The van der Waals surface area contributed by atoms with E-state index in [1.54, 1.807) is 31.4 Å². The normalized spacial score (nSPS) is 9.94. The number of ether oxygens (including phenoxy) is 1. The van der Waals surface area contributed by atoms with E-state index < -0.39 is 5.91 Å². The number of carbonyl (C=O) groups excluding carboxylic acids is 1. The second-order valence-corrected chi connectivity index (χ2v) is 3.18. The first-order valence-corrected chi connectivity index (χ1v) is 4.74. The molecule has 0 spiro atoms. The van der Waals surface area contributed by atoms with Gasteiger partial charge in [0.05, 0.1) is 7.11 Å². The third-order valence-corrected chi connectivity index (χ3v) is 2.08. The summed E-state index contributed by atoms with van der Waals surface area (Å²) < 4.78 is 9.33. The van der Waals surface area contributed by atoms with Crippen LogP contribution in [0.1, 0.15) is 10.5 Å². The summed E-state index contributed by atoms with van der Waals surface area (Å²) in [5.41, 5.74) is 5.95. The molecule has 3 N–H and O–H groups in total. The first-order chi connectivity index (χ1) is 8.20. The van der Waals surface area contributed by atoms with Gasteiger partial charge in [0.1, 0.15) is 5.75 Å². The molecular weight excluding hydrogens is 224 g/mol. The Bertz CT molecular complexity index is 521. The molecular formula is C10H10N4O3. The average molecular weight is 234 g/mol. The highest BCUT2D eigenvalue weighted by Gasteiger charge is 2.15.